The van der Waals surface area contributed by atoms with Crippen molar-refractivity contribution in [1.29, 1.82) is 0 Å². The highest BCUT2D eigenvalue weighted by Crippen LogP contribution is 2.17. The van der Waals surface area contributed by atoms with Gasteiger partial charge in [-0.2, -0.15) is 0 Å². The van der Waals surface area contributed by atoms with Crippen LogP contribution in [0.15, 0.2) is 42.5 Å². The number of hydrogen-bond donors (Lipinski definition) is 1. The number of carbonyl (C=O) groups excluding carboxylic acids is 1. The molecule has 0 atom stereocenters. The second-order valence-corrected chi connectivity index (χ2v) is 8.14. The molecule has 1 radical (unpaired) electrons. The van der Waals surface area contributed by atoms with Crippen molar-refractivity contribution >= 4 is 16.7 Å². The lowest BCUT2D eigenvalue weighted by atomic mass is 10.0. The van der Waals surface area contributed by atoms with Crippen LogP contribution in [-0.4, -0.2) is 5.97 Å². The zero-order valence-corrected chi connectivity index (χ0v) is 18.3. The van der Waals surface area contributed by atoms with Gasteiger partial charge < -0.3 is 0 Å². The van der Waals surface area contributed by atoms with E-state index in [0.717, 1.165) is 12.8 Å². The SMILES string of the molecule is CCCCCCCCCCCCCCC(=[O+])O[NH2+]Cc1cccc2ccccc12. The summed E-state index contributed by atoms with van der Waals surface area (Å²) in [5.74, 6) is -0.0997. The molecule has 0 heterocycles. The predicted octanol–water partition coefficient (Wildman–Crippen LogP) is 6.45. The zero-order chi connectivity index (χ0) is 20.6. The Hall–Kier alpha value is -1.87. The van der Waals surface area contributed by atoms with E-state index in [4.69, 9.17) is 4.84 Å². The number of quaternary nitrogens is 1. The molecule has 3 nitrogen and oxygen atoms in total. The predicted molar refractivity (Wildman–Crippen MR) is 121 cm³/mol. The maximum Gasteiger partial charge on any atom is 0.638 e. The van der Waals surface area contributed by atoms with Gasteiger partial charge in [0.25, 0.3) is 0 Å². The standard InChI is InChI=1S/C26H39NO2/c1-2-3-4-5-6-7-8-9-10-11-12-13-21-26(28)29-27-22-24-19-16-18-23-17-14-15-20-25(23)24/h14-20,27H,2-13,21-22H2,1H3/q+1/p+1. The number of unbranched alkanes of at least 4 members (excludes halogenated alkanes) is 11. The third kappa shape index (κ3) is 9.94. The molecule has 2 N–H and O–H groups in total. The van der Waals surface area contributed by atoms with Gasteiger partial charge >= 0.3 is 5.97 Å². The first kappa shape index (κ1) is 23.4. The first-order valence-corrected chi connectivity index (χ1v) is 11.8. The zero-order valence-electron chi connectivity index (χ0n) is 18.3. The highest BCUT2D eigenvalue weighted by atomic mass is 16.7. The lowest BCUT2D eigenvalue weighted by Crippen LogP contribution is -2.82. The molecule has 2 aromatic carbocycles. The van der Waals surface area contributed by atoms with Gasteiger partial charge in [0.1, 0.15) is 6.42 Å². The monoisotopic (exact) mass is 398 g/mol. The molecule has 0 saturated heterocycles. The van der Waals surface area contributed by atoms with Crippen molar-refractivity contribution in [2.45, 2.75) is 96.9 Å². The summed E-state index contributed by atoms with van der Waals surface area (Å²) >= 11 is 0. The van der Waals surface area contributed by atoms with E-state index in [1.165, 1.54) is 80.5 Å². The van der Waals surface area contributed by atoms with Crippen LogP contribution < -0.4 is 5.48 Å². The van der Waals surface area contributed by atoms with Gasteiger partial charge in [-0.15, -0.1) is 0 Å². The van der Waals surface area contributed by atoms with Gasteiger partial charge in [-0.05, 0) is 17.2 Å². The molecule has 0 saturated carbocycles. The van der Waals surface area contributed by atoms with Gasteiger partial charge in [-0.3, -0.25) is 0 Å². The van der Waals surface area contributed by atoms with Crippen LogP contribution in [0.5, 0.6) is 0 Å². The van der Waals surface area contributed by atoms with Gasteiger partial charge in [0.2, 0.25) is 0 Å². The average Bonchev–Trinajstić information content (AvgIpc) is 2.74. The van der Waals surface area contributed by atoms with E-state index < -0.39 is 0 Å². The van der Waals surface area contributed by atoms with E-state index in [1.807, 2.05) is 12.1 Å². The Labute approximate surface area is 177 Å². The topological polar surface area (TPSA) is 45.7 Å². The lowest BCUT2D eigenvalue weighted by molar-refractivity contribution is -0.884. The smallest absolute Gasteiger partial charge is 0.0896 e. The molecular formula is C26H40NO2+2. The summed E-state index contributed by atoms with van der Waals surface area (Å²) in [4.78, 5) is 17.3. The number of carbonyl (C=O) groups is 1. The first-order chi connectivity index (χ1) is 14.3. The molecule has 0 bridgehead atoms. The van der Waals surface area contributed by atoms with Gasteiger partial charge in [-0.25, -0.2) is 0 Å². The summed E-state index contributed by atoms with van der Waals surface area (Å²) < 4.78 is 0. The van der Waals surface area contributed by atoms with E-state index in [9.17, 15) is 4.79 Å². The Kier molecular flexibility index (Phi) is 12.1. The fourth-order valence-corrected chi connectivity index (χ4v) is 3.86. The number of hydroxylamine groups is 1. The van der Waals surface area contributed by atoms with Gasteiger partial charge in [-0.1, -0.05) is 130 Å². The fraction of sp³-hybridized carbons (Fsp3) is 0.577. The van der Waals surface area contributed by atoms with E-state index in [1.54, 1.807) is 5.48 Å². The van der Waals surface area contributed by atoms with Crippen LogP contribution in [0.25, 0.3) is 10.8 Å². The summed E-state index contributed by atoms with van der Waals surface area (Å²) in [6, 6.07) is 14.6. The number of benzene rings is 2. The molecule has 2 rings (SSSR count). The summed E-state index contributed by atoms with van der Waals surface area (Å²) in [6.45, 7) is 2.93. The number of rotatable bonds is 16. The van der Waals surface area contributed by atoms with Crippen molar-refractivity contribution in [2.75, 3.05) is 0 Å². The second-order valence-electron chi connectivity index (χ2n) is 8.14. The molecule has 0 aromatic heterocycles. The van der Waals surface area contributed by atoms with Gasteiger partial charge in [0, 0.05) is 5.56 Å². The molecule has 3 heteroatoms. The number of hydrogen-bond acceptors (Lipinski definition) is 2. The highest BCUT2D eigenvalue weighted by molar-refractivity contribution is 5.85. The maximum atomic E-state index is 11.9. The average molecular weight is 399 g/mol. The largest absolute Gasteiger partial charge is 0.638 e. The maximum absolute atomic E-state index is 11.9. The van der Waals surface area contributed by atoms with Crippen molar-refractivity contribution in [3.63, 3.8) is 0 Å². The van der Waals surface area contributed by atoms with Crippen LogP contribution in [0.1, 0.15) is 96.0 Å². The van der Waals surface area contributed by atoms with Crippen molar-refractivity contribution in [3.8, 4) is 0 Å². The number of nitrogens with two attached hydrogens (primary N) is 1. The first-order valence-electron chi connectivity index (χ1n) is 11.8. The van der Waals surface area contributed by atoms with E-state index in [2.05, 4.69) is 37.3 Å². The molecule has 0 amide bonds. The molecular weight excluding hydrogens is 358 g/mol. The minimum absolute atomic E-state index is 0.0997. The summed E-state index contributed by atoms with van der Waals surface area (Å²) in [7, 11) is 0. The van der Waals surface area contributed by atoms with E-state index in [-0.39, 0.29) is 5.97 Å². The summed E-state index contributed by atoms with van der Waals surface area (Å²) in [5, 5.41) is 2.45. The Bertz CT molecular complexity index is 693. The summed E-state index contributed by atoms with van der Waals surface area (Å²) in [5.41, 5.74) is 2.85. The second kappa shape index (κ2) is 15.0. The number of fused-ring (bicyclic) bond motifs is 1. The third-order valence-corrected chi connectivity index (χ3v) is 5.63. The molecule has 2 aromatic rings. The Morgan fingerprint density at radius 1 is 0.759 bits per heavy atom. The van der Waals surface area contributed by atoms with Crippen LogP contribution in [0, 0.1) is 0 Å². The van der Waals surface area contributed by atoms with Crippen LogP contribution in [-0.2, 0) is 16.2 Å². The quantitative estimate of drug-likeness (QED) is 0.200. The van der Waals surface area contributed by atoms with Crippen LogP contribution >= 0.6 is 0 Å². The van der Waals surface area contributed by atoms with Crippen LogP contribution in [0.4, 0.5) is 0 Å². The van der Waals surface area contributed by atoms with E-state index in [0.29, 0.717) is 13.0 Å². The van der Waals surface area contributed by atoms with Crippen molar-refractivity contribution in [1.82, 2.24) is 0 Å². The Morgan fingerprint density at radius 3 is 2.03 bits per heavy atom. The fourth-order valence-electron chi connectivity index (χ4n) is 3.86. The molecule has 0 fully saturated rings. The minimum atomic E-state index is -0.0997. The van der Waals surface area contributed by atoms with Gasteiger partial charge in [0.15, 0.2) is 6.54 Å². The lowest BCUT2D eigenvalue weighted by Gasteiger charge is -2.02. The highest BCUT2D eigenvalue weighted by Gasteiger charge is 2.20. The molecule has 0 aliphatic heterocycles. The minimum Gasteiger partial charge on any atom is -0.0896 e. The summed E-state index contributed by atoms with van der Waals surface area (Å²) in [6.07, 6.45) is 16.2. The van der Waals surface area contributed by atoms with E-state index >= 15 is 0 Å². The van der Waals surface area contributed by atoms with Crippen LogP contribution in [0.2, 0.25) is 0 Å². The third-order valence-electron chi connectivity index (χ3n) is 5.63. The molecule has 0 aliphatic rings. The molecule has 0 unspecified atom stereocenters. The van der Waals surface area contributed by atoms with Gasteiger partial charge in [0.05, 0.1) is 4.79 Å². The molecule has 159 valence electrons. The van der Waals surface area contributed by atoms with Crippen molar-refractivity contribution < 1.29 is 15.1 Å². The van der Waals surface area contributed by atoms with Crippen LogP contribution in [0.3, 0.4) is 0 Å². The molecule has 0 spiro atoms. The van der Waals surface area contributed by atoms with Crippen molar-refractivity contribution in [2.24, 2.45) is 0 Å². The molecule has 29 heavy (non-hydrogen) atoms. The molecule has 0 aliphatic carbocycles. The van der Waals surface area contributed by atoms with Crippen molar-refractivity contribution in [3.05, 3.63) is 48.0 Å². The Morgan fingerprint density at radius 2 is 1.34 bits per heavy atom. The Balaban J connectivity index is 1.44. The normalized spacial score (nSPS) is 11.1.